The van der Waals surface area contributed by atoms with Gasteiger partial charge in [0.2, 0.25) is 0 Å². The molecule has 19 heavy (non-hydrogen) atoms. The minimum absolute atomic E-state index is 0.556. The van der Waals surface area contributed by atoms with Crippen molar-refractivity contribution >= 4 is 0 Å². The molecule has 3 heteroatoms. The fraction of sp³-hybridized carbons (Fsp3) is 0.688. The molecule has 1 heterocycles. The Bertz CT molecular complexity index is 386. The van der Waals surface area contributed by atoms with Crippen LogP contribution in [0.5, 0.6) is 0 Å². The van der Waals surface area contributed by atoms with Crippen LogP contribution in [0, 0.1) is 0 Å². The lowest BCUT2D eigenvalue weighted by molar-refractivity contribution is 0.426. The van der Waals surface area contributed by atoms with Crippen LogP contribution in [0.25, 0.3) is 0 Å². The highest BCUT2D eigenvalue weighted by Crippen LogP contribution is 2.18. The molecule has 1 aliphatic carbocycles. The zero-order valence-electron chi connectivity index (χ0n) is 12.3. The second kappa shape index (κ2) is 7.49. The highest BCUT2D eigenvalue weighted by Gasteiger charge is 2.19. The van der Waals surface area contributed by atoms with Gasteiger partial charge in [0.1, 0.15) is 0 Å². The first-order valence-electron chi connectivity index (χ1n) is 7.75. The predicted octanol–water partition coefficient (Wildman–Crippen LogP) is 3.49. The first-order chi connectivity index (χ1) is 9.33. The molecule has 1 saturated carbocycles. The van der Waals surface area contributed by atoms with Crippen LogP contribution >= 0.6 is 0 Å². The zero-order chi connectivity index (χ0) is 13.5. The molecule has 0 aromatic carbocycles. The standard InChI is InChI=1S/C16H27N3/c1-3-16(4-2)19-13-11-15(18-19)8-6-5-7-12-17-14-9-10-14/h5-6,11,13-14,16-17H,3-4,7-10,12H2,1-2H3. The van der Waals surface area contributed by atoms with Gasteiger partial charge in [-0.1, -0.05) is 26.0 Å². The second-order valence-electron chi connectivity index (χ2n) is 5.45. The smallest absolute Gasteiger partial charge is 0.0662 e. The number of allylic oxidation sites excluding steroid dienone is 1. The third kappa shape index (κ3) is 4.83. The summed E-state index contributed by atoms with van der Waals surface area (Å²) in [4.78, 5) is 0. The number of nitrogens with zero attached hydrogens (tertiary/aromatic N) is 2. The fourth-order valence-corrected chi connectivity index (χ4v) is 2.33. The van der Waals surface area contributed by atoms with Gasteiger partial charge in [0.05, 0.1) is 11.7 Å². The molecule has 3 nitrogen and oxygen atoms in total. The van der Waals surface area contributed by atoms with Gasteiger partial charge < -0.3 is 5.32 Å². The molecule has 1 fully saturated rings. The van der Waals surface area contributed by atoms with E-state index in [9.17, 15) is 0 Å². The summed E-state index contributed by atoms with van der Waals surface area (Å²) in [6, 6.07) is 3.52. The summed E-state index contributed by atoms with van der Waals surface area (Å²) in [6.07, 6.45) is 13.8. The van der Waals surface area contributed by atoms with Crippen molar-refractivity contribution in [3.05, 3.63) is 30.1 Å². The van der Waals surface area contributed by atoms with Crippen molar-refractivity contribution < 1.29 is 0 Å². The lowest BCUT2D eigenvalue weighted by Gasteiger charge is -2.12. The van der Waals surface area contributed by atoms with Crippen LogP contribution in [0.2, 0.25) is 0 Å². The summed E-state index contributed by atoms with van der Waals surface area (Å²) in [6.45, 7) is 5.56. The van der Waals surface area contributed by atoms with Gasteiger partial charge in [-0.3, -0.25) is 4.68 Å². The van der Waals surface area contributed by atoms with Gasteiger partial charge in [0, 0.05) is 18.7 Å². The predicted molar refractivity (Wildman–Crippen MR) is 80.3 cm³/mol. The Hall–Kier alpha value is -1.09. The fourth-order valence-electron chi connectivity index (χ4n) is 2.33. The maximum atomic E-state index is 4.66. The van der Waals surface area contributed by atoms with Gasteiger partial charge in [-0.25, -0.2) is 0 Å². The number of aromatic nitrogens is 2. The number of nitrogens with one attached hydrogen (secondary N) is 1. The summed E-state index contributed by atoms with van der Waals surface area (Å²) in [5, 5.41) is 8.18. The van der Waals surface area contributed by atoms with E-state index in [1.165, 1.54) is 18.5 Å². The highest BCUT2D eigenvalue weighted by atomic mass is 15.3. The van der Waals surface area contributed by atoms with E-state index in [1.54, 1.807) is 0 Å². The first-order valence-corrected chi connectivity index (χ1v) is 7.75. The van der Waals surface area contributed by atoms with Crippen molar-refractivity contribution in [2.45, 2.75) is 64.5 Å². The van der Waals surface area contributed by atoms with Crippen LogP contribution in [0.4, 0.5) is 0 Å². The van der Waals surface area contributed by atoms with Crippen LogP contribution in [0.15, 0.2) is 24.4 Å². The van der Waals surface area contributed by atoms with E-state index < -0.39 is 0 Å². The molecule has 0 amide bonds. The quantitative estimate of drug-likeness (QED) is 0.545. The minimum Gasteiger partial charge on any atom is -0.314 e. The molecule has 1 aliphatic rings. The average Bonchev–Trinajstić information content (AvgIpc) is 3.14. The summed E-state index contributed by atoms with van der Waals surface area (Å²) >= 11 is 0. The highest BCUT2D eigenvalue weighted by molar-refractivity contribution is 5.05. The van der Waals surface area contributed by atoms with E-state index in [2.05, 4.69) is 53.4 Å². The van der Waals surface area contributed by atoms with Gasteiger partial charge in [0.25, 0.3) is 0 Å². The van der Waals surface area contributed by atoms with Gasteiger partial charge in [-0.15, -0.1) is 0 Å². The van der Waals surface area contributed by atoms with E-state index in [0.29, 0.717) is 6.04 Å². The molecule has 0 aliphatic heterocycles. The monoisotopic (exact) mass is 261 g/mol. The number of hydrogen-bond donors (Lipinski definition) is 1. The molecule has 0 spiro atoms. The maximum absolute atomic E-state index is 4.66. The molecule has 0 radical (unpaired) electrons. The Morgan fingerprint density at radius 3 is 2.84 bits per heavy atom. The van der Waals surface area contributed by atoms with Crippen LogP contribution in [0.1, 0.15) is 57.7 Å². The SMILES string of the molecule is CCC(CC)n1ccc(CC=CCCNC2CC2)n1. The third-order valence-electron chi connectivity index (χ3n) is 3.80. The lowest BCUT2D eigenvalue weighted by atomic mass is 10.2. The zero-order valence-corrected chi connectivity index (χ0v) is 12.3. The van der Waals surface area contributed by atoms with Crippen LogP contribution in [-0.2, 0) is 6.42 Å². The Labute approximate surface area is 117 Å². The van der Waals surface area contributed by atoms with E-state index in [-0.39, 0.29) is 0 Å². The molecule has 2 rings (SSSR count). The number of hydrogen-bond acceptors (Lipinski definition) is 2. The van der Waals surface area contributed by atoms with E-state index >= 15 is 0 Å². The average molecular weight is 261 g/mol. The summed E-state index contributed by atoms with van der Waals surface area (Å²) < 4.78 is 2.12. The summed E-state index contributed by atoms with van der Waals surface area (Å²) in [5.74, 6) is 0. The maximum Gasteiger partial charge on any atom is 0.0662 e. The van der Waals surface area contributed by atoms with Crippen LogP contribution in [-0.4, -0.2) is 22.4 Å². The molecule has 0 bridgehead atoms. The van der Waals surface area contributed by atoms with Crippen molar-refractivity contribution in [2.24, 2.45) is 0 Å². The number of rotatable bonds is 9. The van der Waals surface area contributed by atoms with Crippen molar-refractivity contribution in [3.8, 4) is 0 Å². The Balaban J connectivity index is 1.68. The first kappa shape index (κ1) is 14.3. The Morgan fingerprint density at radius 2 is 2.16 bits per heavy atom. The minimum atomic E-state index is 0.556. The normalized spacial score (nSPS) is 15.7. The third-order valence-corrected chi connectivity index (χ3v) is 3.80. The molecule has 1 aromatic heterocycles. The van der Waals surface area contributed by atoms with E-state index in [1.807, 2.05) is 0 Å². The summed E-state index contributed by atoms with van der Waals surface area (Å²) in [7, 11) is 0. The molecule has 1 aromatic rings. The largest absolute Gasteiger partial charge is 0.314 e. The summed E-state index contributed by atoms with van der Waals surface area (Å²) in [5.41, 5.74) is 1.18. The van der Waals surface area contributed by atoms with Gasteiger partial charge in [-0.05, 0) is 44.7 Å². The van der Waals surface area contributed by atoms with Crippen molar-refractivity contribution in [2.75, 3.05) is 6.54 Å². The molecule has 0 atom stereocenters. The lowest BCUT2D eigenvalue weighted by Crippen LogP contribution is -2.16. The molecule has 106 valence electrons. The van der Waals surface area contributed by atoms with Crippen molar-refractivity contribution in [3.63, 3.8) is 0 Å². The topological polar surface area (TPSA) is 29.9 Å². The van der Waals surface area contributed by atoms with E-state index in [0.717, 1.165) is 38.3 Å². The van der Waals surface area contributed by atoms with Gasteiger partial charge in [0.15, 0.2) is 0 Å². The molecule has 0 unspecified atom stereocenters. The molecule has 1 N–H and O–H groups in total. The Morgan fingerprint density at radius 1 is 1.37 bits per heavy atom. The van der Waals surface area contributed by atoms with Gasteiger partial charge >= 0.3 is 0 Å². The molecule has 0 saturated heterocycles. The molecular weight excluding hydrogens is 234 g/mol. The van der Waals surface area contributed by atoms with E-state index in [4.69, 9.17) is 0 Å². The van der Waals surface area contributed by atoms with Gasteiger partial charge in [-0.2, -0.15) is 5.10 Å². The second-order valence-corrected chi connectivity index (χ2v) is 5.45. The van der Waals surface area contributed by atoms with Crippen LogP contribution < -0.4 is 5.32 Å². The van der Waals surface area contributed by atoms with Crippen molar-refractivity contribution in [1.82, 2.24) is 15.1 Å². The Kier molecular flexibility index (Phi) is 5.64. The molecular formula is C16H27N3. The van der Waals surface area contributed by atoms with Crippen LogP contribution in [0.3, 0.4) is 0 Å². The van der Waals surface area contributed by atoms with Crippen molar-refractivity contribution in [1.29, 1.82) is 0 Å².